The van der Waals surface area contributed by atoms with Crippen molar-refractivity contribution in [2.45, 2.75) is 25.3 Å². The van der Waals surface area contributed by atoms with E-state index >= 15 is 0 Å². The van der Waals surface area contributed by atoms with Crippen LogP contribution in [-0.2, 0) is 14.8 Å². The summed E-state index contributed by atoms with van der Waals surface area (Å²) in [5.41, 5.74) is 0.838. The second kappa shape index (κ2) is 9.36. The lowest BCUT2D eigenvalue weighted by molar-refractivity contribution is -0.129. The normalized spacial score (nSPS) is 17.8. The summed E-state index contributed by atoms with van der Waals surface area (Å²) in [5, 5.41) is 8.49. The first-order valence-electron chi connectivity index (χ1n) is 8.42. The number of hydrogen-bond donors (Lipinski definition) is 1. The van der Waals surface area contributed by atoms with E-state index in [0.29, 0.717) is 12.3 Å². The number of piperidine rings is 1. The Bertz CT molecular complexity index is 782. The van der Waals surface area contributed by atoms with E-state index in [1.54, 1.807) is 35.2 Å². The zero-order chi connectivity index (χ0) is 19.0. The minimum absolute atomic E-state index is 0.00840. The number of rotatable bonds is 7. The van der Waals surface area contributed by atoms with Crippen LogP contribution < -0.4 is 9.46 Å². The first-order chi connectivity index (χ1) is 12.4. The largest absolute Gasteiger partial charge is 0.479 e. The lowest BCUT2D eigenvalue weighted by Crippen LogP contribution is -2.48. The van der Waals surface area contributed by atoms with Crippen LogP contribution in [0.25, 0.3) is 6.08 Å². The molecule has 8 heteroatoms. The summed E-state index contributed by atoms with van der Waals surface area (Å²) in [6, 6.07) is 8.85. The first-order valence-corrected chi connectivity index (χ1v) is 10.3. The second-order valence-electron chi connectivity index (χ2n) is 6.15. The van der Waals surface area contributed by atoms with Crippen LogP contribution in [0.5, 0.6) is 5.75 Å². The Kier molecular flexibility index (Phi) is 7.18. The molecule has 1 aromatic rings. The highest BCUT2D eigenvalue weighted by atomic mass is 32.2. The molecule has 1 unspecified atom stereocenters. The molecule has 0 bridgehead atoms. The van der Waals surface area contributed by atoms with Gasteiger partial charge in [-0.2, -0.15) is 5.26 Å². The summed E-state index contributed by atoms with van der Waals surface area (Å²) in [5.74, 6) is 0.466. The average Bonchev–Trinajstić information content (AvgIpc) is 2.63. The number of amides is 1. The third-order valence-electron chi connectivity index (χ3n) is 4.09. The summed E-state index contributed by atoms with van der Waals surface area (Å²) in [6.07, 6.45) is 7.02. The van der Waals surface area contributed by atoms with Crippen molar-refractivity contribution in [1.29, 1.82) is 5.26 Å². The molecule has 0 aliphatic carbocycles. The Hall–Kier alpha value is -2.37. The van der Waals surface area contributed by atoms with E-state index in [2.05, 4.69) is 4.72 Å². The fourth-order valence-corrected chi connectivity index (χ4v) is 3.30. The number of nitriles is 1. The predicted molar refractivity (Wildman–Crippen MR) is 98.8 cm³/mol. The molecule has 140 valence electrons. The molecule has 1 saturated heterocycles. The van der Waals surface area contributed by atoms with Gasteiger partial charge in [-0.3, -0.25) is 4.79 Å². The molecule has 1 aliphatic rings. The van der Waals surface area contributed by atoms with Crippen LogP contribution in [0, 0.1) is 11.3 Å². The van der Waals surface area contributed by atoms with Gasteiger partial charge in [-0.15, -0.1) is 0 Å². The lowest BCUT2D eigenvalue weighted by Gasteiger charge is -2.35. The molecule has 1 amide bonds. The maximum Gasteiger partial charge on any atom is 0.246 e. The van der Waals surface area contributed by atoms with E-state index in [0.717, 1.165) is 31.1 Å². The van der Waals surface area contributed by atoms with Crippen molar-refractivity contribution < 1.29 is 17.9 Å². The Labute approximate surface area is 154 Å². The van der Waals surface area contributed by atoms with Crippen LogP contribution in [-0.4, -0.2) is 51.2 Å². The quantitative estimate of drug-likeness (QED) is 0.727. The minimum Gasteiger partial charge on any atom is -0.479 e. The molecule has 0 spiro atoms. The number of nitrogens with zero attached hydrogens (tertiary/aromatic N) is 2. The van der Waals surface area contributed by atoms with Crippen LogP contribution in [0.2, 0.25) is 0 Å². The van der Waals surface area contributed by atoms with Crippen LogP contribution in [0.4, 0.5) is 0 Å². The molecular weight excluding hydrogens is 354 g/mol. The summed E-state index contributed by atoms with van der Waals surface area (Å²) >= 11 is 0. The summed E-state index contributed by atoms with van der Waals surface area (Å²) in [6.45, 7) is 0.856. The van der Waals surface area contributed by atoms with Gasteiger partial charge in [0.15, 0.2) is 6.61 Å². The van der Waals surface area contributed by atoms with Crippen molar-refractivity contribution in [2.24, 2.45) is 0 Å². The first kappa shape index (κ1) is 19.9. The highest BCUT2D eigenvalue weighted by Crippen LogP contribution is 2.18. The molecule has 1 fully saturated rings. The third kappa shape index (κ3) is 6.50. The van der Waals surface area contributed by atoms with E-state index in [1.165, 1.54) is 6.08 Å². The molecule has 2 rings (SSSR count). The average molecular weight is 377 g/mol. The topological polar surface area (TPSA) is 99.5 Å². The van der Waals surface area contributed by atoms with Gasteiger partial charge in [0.05, 0.1) is 6.26 Å². The molecule has 1 N–H and O–H groups in total. The van der Waals surface area contributed by atoms with Gasteiger partial charge < -0.3 is 9.64 Å². The van der Waals surface area contributed by atoms with Gasteiger partial charge in [0.25, 0.3) is 0 Å². The molecule has 1 aromatic carbocycles. The van der Waals surface area contributed by atoms with Gasteiger partial charge in [0.1, 0.15) is 11.8 Å². The zero-order valence-corrected chi connectivity index (χ0v) is 15.5. The molecule has 1 heterocycles. The fraction of sp³-hybridized carbons (Fsp3) is 0.444. The molecule has 0 aromatic heterocycles. The monoisotopic (exact) mass is 377 g/mol. The van der Waals surface area contributed by atoms with Gasteiger partial charge in [0.2, 0.25) is 15.9 Å². The number of nitrogens with one attached hydrogen (secondary N) is 1. The Morgan fingerprint density at radius 3 is 2.77 bits per heavy atom. The van der Waals surface area contributed by atoms with Crippen molar-refractivity contribution in [1.82, 2.24) is 9.62 Å². The Balaban J connectivity index is 1.97. The number of hydrogen-bond acceptors (Lipinski definition) is 5. The van der Waals surface area contributed by atoms with E-state index in [9.17, 15) is 13.2 Å². The van der Waals surface area contributed by atoms with E-state index in [4.69, 9.17) is 10.00 Å². The predicted octanol–water partition coefficient (Wildman–Crippen LogP) is 1.53. The third-order valence-corrected chi connectivity index (χ3v) is 4.78. The zero-order valence-electron chi connectivity index (χ0n) is 14.7. The standard InChI is InChI=1S/C18H23N3O4S/c1-26(23,24)20-14-16-4-2-3-12-21(16)18(22)10-7-15-5-8-17(9-6-15)25-13-11-19/h5-10,16,20H,2-4,12-14H2,1H3/b10-7+. The Morgan fingerprint density at radius 2 is 2.12 bits per heavy atom. The smallest absolute Gasteiger partial charge is 0.246 e. The van der Waals surface area contributed by atoms with Crippen LogP contribution in [0.1, 0.15) is 24.8 Å². The minimum atomic E-state index is -3.28. The maximum atomic E-state index is 12.5. The van der Waals surface area contributed by atoms with Crippen molar-refractivity contribution >= 4 is 22.0 Å². The van der Waals surface area contributed by atoms with Crippen molar-refractivity contribution in [2.75, 3.05) is 26.0 Å². The van der Waals surface area contributed by atoms with Gasteiger partial charge >= 0.3 is 0 Å². The molecule has 7 nitrogen and oxygen atoms in total. The van der Waals surface area contributed by atoms with Gasteiger partial charge in [-0.05, 0) is 43.0 Å². The molecular formula is C18H23N3O4S. The molecule has 0 radical (unpaired) electrons. The molecule has 1 aliphatic heterocycles. The highest BCUT2D eigenvalue weighted by Gasteiger charge is 2.25. The van der Waals surface area contributed by atoms with E-state index in [1.807, 2.05) is 6.07 Å². The van der Waals surface area contributed by atoms with Gasteiger partial charge in [-0.1, -0.05) is 12.1 Å². The summed E-state index contributed by atoms with van der Waals surface area (Å²) in [4.78, 5) is 14.2. The lowest BCUT2D eigenvalue weighted by atomic mass is 10.0. The number of sulfonamides is 1. The van der Waals surface area contributed by atoms with Gasteiger partial charge in [-0.25, -0.2) is 13.1 Å². The molecule has 1 atom stereocenters. The number of likely N-dealkylation sites (tertiary alicyclic amines) is 1. The van der Waals surface area contributed by atoms with Gasteiger partial charge in [0, 0.05) is 25.2 Å². The van der Waals surface area contributed by atoms with E-state index < -0.39 is 10.0 Å². The maximum absolute atomic E-state index is 12.5. The van der Waals surface area contributed by atoms with Crippen molar-refractivity contribution in [3.05, 3.63) is 35.9 Å². The van der Waals surface area contributed by atoms with Crippen LogP contribution >= 0.6 is 0 Å². The number of carbonyl (C=O) groups is 1. The number of ether oxygens (including phenoxy) is 1. The van der Waals surface area contributed by atoms with Crippen LogP contribution in [0.3, 0.4) is 0 Å². The van der Waals surface area contributed by atoms with Crippen molar-refractivity contribution in [3.8, 4) is 11.8 Å². The van der Waals surface area contributed by atoms with E-state index in [-0.39, 0.29) is 25.1 Å². The summed E-state index contributed by atoms with van der Waals surface area (Å²) in [7, 11) is -3.28. The SMILES string of the molecule is CS(=O)(=O)NCC1CCCCN1C(=O)/C=C/c1ccc(OCC#N)cc1. The number of carbonyl (C=O) groups excluding carboxylic acids is 1. The van der Waals surface area contributed by atoms with Crippen molar-refractivity contribution in [3.63, 3.8) is 0 Å². The van der Waals surface area contributed by atoms with Crippen LogP contribution in [0.15, 0.2) is 30.3 Å². The molecule has 0 saturated carbocycles. The second-order valence-corrected chi connectivity index (χ2v) is 7.98. The Morgan fingerprint density at radius 1 is 1.38 bits per heavy atom. The fourth-order valence-electron chi connectivity index (χ4n) is 2.80. The summed E-state index contributed by atoms with van der Waals surface area (Å²) < 4.78 is 30.3. The molecule has 26 heavy (non-hydrogen) atoms. The number of benzene rings is 1. The highest BCUT2D eigenvalue weighted by molar-refractivity contribution is 7.88.